The van der Waals surface area contributed by atoms with Crippen molar-refractivity contribution in [3.05, 3.63) is 65.0 Å². The first kappa shape index (κ1) is 17.9. The van der Waals surface area contributed by atoms with Gasteiger partial charge in [-0.15, -0.1) is 0 Å². The molecular weight excluding hydrogens is 346 g/mol. The number of carbonyl (C=O) groups excluding carboxylic acids is 1. The maximum absolute atomic E-state index is 14.4. The van der Waals surface area contributed by atoms with Crippen LogP contribution >= 0.6 is 0 Å². The largest absolute Gasteiger partial charge is 0.477 e. The SMILES string of the molecule is O=C(NC1(c2ccc(F)cc2F)CCOCC1)c1ccnc(C(=O)O)c1. The van der Waals surface area contributed by atoms with Gasteiger partial charge in [-0.1, -0.05) is 6.07 Å². The van der Waals surface area contributed by atoms with Crippen molar-refractivity contribution in [1.29, 1.82) is 0 Å². The highest BCUT2D eigenvalue weighted by Crippen LogP contribution is 2.34. The number of nitrogens with zero attached hydrogens (tertiary/aromatic N) is 1. The molecule has 0 atom stereocenters. The highest BCUT2D eigenvalue weighted by Gasteiger charge is 2.38. The van der Waals surface area contributed by atoms with Crippen molar-refractivity contribution in [1.82, 2.24) is 10.3 Å². The summed E-state index contributed by atoms with van der Waals surface area (Å²) in [7, 11) is 0. The number of hydrogen-bond donors (Lipinski definition) is 2. The van der Waals surface area contributed by atoms with Gasteiger partial charge in [0.05, 0.1) is 5.54 Å². The van der Waals surface area contributed by atoms with Crippen LogP contribution in [-0.2, 0) is 10.3 Å². The summed E-state index contributed by atoms with van der Waals surface area (Å²) in [5.41, 5.74) is -1.08. The second-order valence-corrected chi connectivity index (χ2v) is 6.01. The fraction of sp³-hybridized carbons (Fsp3) is 0.278. The minimum absolute atomic E-state index is 0.0887. The number of carboxylic acid groups (broad SMARTS) is 1. The van der Waals surface area contributed by atoms with Gasteiger partial charge in [-0.25, -0.2) is 18.6 Å². The second-order valence-electron chi connectivity index (χ2n) is 6.01. The molecule has 136 valence electrons. The van der Waals surface area contributed by atoms with Crippen LogP contribution in [0.25, 0.3) is 0 Å². The predicted molar refractivity (Wildman–Crippen MR) is 86.8 cm³/mol. The van der Waals surface area contributed by atoms with Crippen LogP contribution in [0, 0.1) is 11.6 Å². The van der Waals surface area contributed by atoms with E-state index >= 15 is 0 Å². The Balaban J connectivity index is 1.95. The molecule has 0 radical (unpaired) electrons. The topological polar surface area (TPSA) is 88.5 Å². The van der Waals surface area contributed by atoms with Crippen LogP contribution < -0.4 is 5.32 Å². The lowest BCUT2D eigenvalue weighted by molar-refractivity contribution is 0.0333. The summed E-state index contributed by atoms with van der Waals surface area (Å²) in [6, 6.07) is 5.73. The number of aromatic nitrogens is 1. The van der Waals surface area contributed by atoms with Gasteiger partial charge >= 0.3 is 5.97 Å². The van der Waals surface area contributed by atoms with Gasteiger partial charge in [-0.3, -0.25) is 4.79 Å². The minimum Gasteiger partial charge on any atom is -0.477 e. The van der Waals surface area contributed by atoms with E-state index in [0.717, 1.165) is 18.2 Å². The van der Waals surface area contributed by atoms with Crippen molar-refractivity contribution in [2.45, 2.75) is 18.4 Å². The summed E-state index contributed by atoms with van der Waals surface area (Å²) in [4.78, 5) is 27.4. The van der Waals surface area contributed by atoms with E-state index in [1.165, 1.54) is 18.3 Å². The van der Waals surface area contributed by atoms with Crippen LogP contribution in [0.3, 0.4) is 0 Å². The lowest BCUT2D eigenvalue weighted by Gasteiger charge is -2.38. The van der Waals surface area contributed by atoms with Gasteiger partial charge in [0.1, 0.15) is 17.3 Å². The number of hydrogen-bond acceptors (Lipinski definition) is 4. The zero-order valence-corrected chi connectivity index (χ0v) is 13.7. The average molecular weight is 362 g/mol. The fourth-order valence-electron chi connectivity index (χ4n) is 3.04. The molecule has 0 aliphatic carbocycles. The monoisotopic (exact) mass is 362 g/mol. The van der Waals surface area contributed by atoms with Gasteiger partial charge in [0, 0.05) is 36.6 Å². The number of carboxylic acids is 1. The lowest BCUT2D eigenvalue weighted by atomic mass is 9.82. The maximum Gasteiger partial charge on any atom is 0.354 e. The fourth-order valence-corrected chi connectivity index (χ4v) is 3.04. The number of nitrogens with one attached hydrogen (secondary N) is 1. The molecule has 1 amide bonds. The maximum atomic E-state index is 14.4. The summed E-state index contributed by atoms with van der Waals surface area (Å²) in [6.07, 6.45) is 1.82. The highest BCUT2D eigenvalue weighted by molar-refractivity contribution is 5.97. The van der Waals surface area contributed by atoms with Crippen molar-refractivity contribution >= 4 is 11.9 Å². The Hall–Kier alpha value is -2.87. The molecule has 0 spiro atoms. The number of ether oxygens (including phenoxy) is 1. The molecule has 1 aliphatic heterocycles. The van der Waals surface area contributed by atoms with Crippen molar-refractivity contribution < 1.29 is 28.2 Å². The normalized spacial score (nSPS) is 16.1. The number of pyridine rings is 1. The highest BCUT2D eigenvalue weighted by atomic mass is 19.1. The number of carbonyl (C=O) groups is 2. The average Bonchev–Trinajstić information content (AvgIpc) is 2.62. The number of rotatable bonds is 4. The Labute approximate surface area is 147 Å². The molecule has 1 aromatic heterocycles. The zero-order valence-electron chi connectivity index (χ0n) is 13.7. The molecule has 3 rings (SSSR count). The van der Waals surface area contributed by atoms with E-state index in [-0.39, 0.29) is 16.8 Å². The van der Waals surface area contributed by atoms with Crippen LogP contribution in [0.1, 0.15) is 39.3 Å². The molecule has 26 heavy (non-hydrogen) atoms. The van der Waals surface area contributed by atoms with Crippen molar-refractivity contribution in [2.75, 3.05) is 13.2 Å². The third-order valence-electron chi connectivity index (χ3n) is 4.39. The molecule has 2 N–H and O–H groups in total. The Bertz CT molecular complexity index is 851. The van der Waals surface area contributed by atoms with Crippen LogP contribution in [0.15, 0.2) is 36.5 Å². The van der Waals surface area contributed by atoms with Gasteiger partial charge in [0.25, 0.3) is 5.91 Å². The van der Waals surface area contributed by atoms with Gasteiger partial charge in [0.2, 0.25) is 0 Å². The van der Waals surface area contributed by atoms with Gasteiger partial charge < -0.3 is 15.2 Å². The first-order valence-corrected chi connectivity index (χ1v) is 7.96. The molecule has 0 saturated carbocycles. The smallest absolute Gasteiger partial charge is 0.354 e. The number of aromatic carboxylic acids is 1. The van der Waals surface area contributed by atoms with E-state index in [2.05, 4.69) is 10.3 Å². The van der Waals surface area contributed by atoms with Crippen LogP contribution in [0.2, 0.25) is 0 Å². The zero-order chi connectivity index (χ0) is 18.7. The van der Waals surface area contributed by atoms with Crippen LogP contribution in [0.4, 0.5) is 8.78 Å². The Morgan fingerprint density at radius 2 is 1.88 bits per heavy atom. The molecule has 0 unspecified atom stereocenters. The molecule has 1 aliphatic rings. The second kappa shape index (κ2) is 7.17. The molecule has 1 saturated heterocycles. The molecule has 8 heteroatoms. The van der Waals surface area contributed by atoms with Gasteiger partial charge in [-0.2, -0.15) is 0 Å². The number of halogens is 2. The summed E-state index contributed by atoms with van der Waals surface area (Å²) >= 11 is 0. The van der Waals surface area contributed by atoms with E-state index in [9.17, 15) is 18.4 Å². The van der Waals surface area contributed by atoms with Crippen molar-refractivity contribution in [3.8, 4) is 0 Å². The van der Waals surface area contributed by atoms with Gasteiger partial charge in [-0.05, 0) is 31.0 Å². The van der Waals surface area contributed by atoms with Gasteiger partial charge in [0.15, 0.2) is 0 Å². The summed E-state index contributed by atoms with van der Waals surface area (Å²) < 4.78 is 33.0. The molecule has 1 aromatic carbocycles. The van der Waals surface area contributed by atoms with Crippen LogP contribution in [-0.4, -0.2) is 35.2 Å². The van der Waals surface area contributed by atoms with Crippen molar-refractivity contribution in [3.63, 3.8) is 0 Å². The molecule has 2 heterocycles. The first-order chi connectivity index (χ1) is 12.4. The third-order valence-corrected chi connectivity index (χ3v) is 4.39. The summed E-state index contributed by atoms with van der Waals surface area (Å²) in [5.74, 6) is -3.29. The minimum atomic E-state index is -1.26. The Kier molecular flexibility index (Phi) is 4.94. The Morgan fingerprint density at radius 1 is 1.15 bits per heavy atom. The number of benzene rings is 1. The van der Waals surface area contributed by atoms with Crippen LogP contribution in [0.5, 0.6) is 0 Å². The lowest BCUT2D eigenvalue weighted by Crippen LogP contribution is -2.50. The standard InChI is InChI=1S/C18H16F2N2O4/c19-12-1-2-13(14(20)10-12)18(4-7-26-8-5-18)22-16(23)11-3-6-21-15(9-11)17(24)25/h1-3,6,9-10H,4-5,7-8H2,(H,22,23)(H,24,25). The Morgan fingerprint density at radius 3 is 2.54 bits per heavy atom. The van der Waals surface area contributed by atoms with E-state index in [1.807, 2.05) is 0 Å². The summed E-state index contributed by atoms with van der Waals surface area (Å²) in [5, 5.41) is 11.8. The molecule has 6 nitrogen and oxygen atoms in total. The van der Waals surface area contributed by atoms with E-state index < -0.39 is 29.0 Å². The predicted octanol–water partition coefficient (Wildman–Crippen LogP) is 2.49. The molecular formula is C18H16F2N2O4. The number of amides is 1. The van der Waals surface area contributed by atoms with E-state index in [1.54, 1.807) is 0 Å². The quantitative estimate of drug-likeness (QED) is 0.872. The van der Waals surface area contributed by atoms with E-state index in [4.69, 9.17) is 9.84 Å². The summed E-state index contributed by atoms with van der Waals surface area (Å²) in [6.45, 7) is 0.599. The molecule has 0 bridgehead atoms. The van der Waals surface area contributed by atoms with Crippen molar-refractivity contribution in [2.24, 2.45) is 0 Å². The van der Waals surface area contributed by atoms with E-state index in [0.29, 0.717) is 26.1 Å². The molecule has 1 fully saturated rings. The first-order valence-electron chi connectivity index (χ1n) is 7.96. The third kappa shape index (κ3) is 3.55. The molecule has 2 aromatic rings.